The summed E-state index contributed by atoms with van der Waals surface area (Å²) in [5, 5.41) is 8.49. The first-order valence-corrected chi connectivity index (χ1v) is 10.0. The van der Waals surface area contributed by atoms with Crippen molar-refractivity contribution in [3.63, 3.8) is 0 Å². The summed E-state index contributed by atoms with van der Waals surface area (Å²) < 4.78 is 13.4. The molecule has 2 aromatic rings. The Labute approximate surface area is 165 Å². The van der Waals surface area contributed by atoms with Crippen LogP contribution in [0.1, 0.15) is 42.6 Å². The maximum Gasteiger partial charge on any atom is 0.222 e. The first-order valence-electron chi connectivity index (χ1n) is 10.0. The normalized spacial score (nSPS) is 18.2. The van der Waals surface area contributed by atoms with E-state index in [2.05, 4.69) is 22.4 Å². The Morgan fingerprint density at radius 2 is 2.04 bits per heavy atom. The van der Waals surface area contributed by atoms with Crippen molar-refractivity contribution < 1.29 is 14.3 Å². The zero-order valence-corrected chi connectivity index (χ0v) is 16.5. The van der Waals surface area contributed by atoms with Crippen LogP contribution in [0, 0.1) is 0 Å². The molecule has 1 saturated heterocycles. The van der Waals surface area contributed by atoms with E-state index < -0.39 is 0 Å². The number of aryl methyl sites for hydroxylation is 1. The number of benzene rings is 1. The maximum absolute atomic E-state index is 12.6. The second-order valence-electron chi connectivity index (χ2n) is 7.77. The molecular weight excluding hydrogens is 356 g/mol. The highest BCUT2D eigenvalue weighted by Crippen LogP contribution is 2.33. The molecule has 0 atom stereocenters. The zero-order chi connectivity index (χ0) is 19.4. The first-order chi connectivity index (χ1) is 13.7. The minimum Gasteiger partial charge on any atom is -0.378 e. The van der Waals surface area contributed by atoms with E-state index >= 15 is 0 Å². The van der Waals surface area contributed by atoms with E-state index in [0.29, 0.717) is 26.2 Å². The summed E-state index contributed by atoms with van der Waals surface area (Å²) in [6.07, 6.45) is 4.14. The summed E-state index contributed by atoms with van der Waals surface area (Å²) in [5.41, 5.74) is 2.92. The monoisotopic (exact) mass is 384 g/mol. The quantitative estimate of drug-likeness (QED) is 0.765. The number of piperidine rings is 1. The van der Waals surface area contributed by atoms with Gasteiger partial charge in [-0.3, -0.25) is 4.79 Å². The number of hydrogen-bond acceptors (Lipinski definition) is 5. The van der Waals surface area contributed by atoms with Gasteiger partial charge in [0.25, 0.3) is 0 Å². The molecule has 1 fully saturated rings. The average molecular weight is 384 g/mol. The van der Waals surface area contributed by atoms with E-state index in [1.807, 2.05) is 27.8 Å². The van der Waals surface area contributed by atoms with Gasteiger partial charge in [0.2, 0.25) is 5.91 Å². The topological polar surface area (TPSA) is 69.5 Å². The molecule has 0 aliphatic carbocycles. The zero-order valence-electron chi connectivity index (χ0n) is 16.5. The number of rotatable bonds is 6. The van der Waals surface area contributed by atoms with Gasteiger partial charge in [0.15, 0.2) is 0 Å². The van der Waals surface area contributed by atoms with Crippen molar-refractivity contribution in [1.29, 1.82) is 0 Å². The average Bonchev–Trinajstić information content (AvgIpc) is 3.11. The van der Waals surface area contributed by atoms with Crippen LogP contribution >= 0.6 is 0 Å². The molecule has 150 valence electrons. The Hall–Kier alpha value is -2.25. The van der Waals surface area contributed by atoms with E-state index in [-0.39, 0.29) is 11.5 Å². The van der Waals surface area contributed by atoms with E-state index in [1.165, 1.54) is 5.56 Å². The second-order valence-corrected chi connectivity index (χ2v) is 7.77. The Morgan fingerprint density at radius 3 is 2.79 bits per heavy atom. The van der Waals surface area contributed by atoms with Crippen molar-refractivity contribution in [2.45, 2.75) is 57.5 Å². The highest BCUT2D eigenvalue weighted by atomic mass is 16.5. The van der Waals surface area contributed by atoms with Gasteiger partial charge in [0, 0.05) is 26.6 Å². The van der Waals surface area contributed by atoms with Crippen molar-refractivity contribution in [2.75, 3.05) is 20.2 Å². The Kier molecular flexibility index (Phi) is 5.73. The van der Waals surface area contributed by atoms with Gasteiger partial charge in [-0.25, -0.2) is 4.68 Å². The van der Waals surface area contributed by atoms with E-state index in [4.69, 9.17) is 9.47 Å². The van der Waals surface area contributed by atoms with Crippen LogP contribution in [-0.2, 0) is 40.4 Å². The van der Waals surface area contributed by atoms with Gasteiger partial charge in [-0.05, 0) is 31.2 Å². The Balaban J connectivity index is 1.26. The molecule has 2 aliphatic heterocycles. The SMILES string of the molecule is COCc1nnn2c1COC1(CCN(C(=O)CCCc3ccccc3)CC1)C2. The molecule has 4 rings (SSSR count). The van der Waals surface area contributed by atoms with E-state index in [0.717, 1.165) is 50.2 Å². The summed E-state index contributed by atoms with van der Waals surface area (Å²) >= 11 is 0. The molecule has 7 nitrogen and oxygen atoms in total. The number of ether oxygens (including phenoxy) is 2. The molecule has 1 aromatic heterocycles. The van der Waals surface area contributed by atoms with Gasteiger partial charge in [0.1, 0.15) is 5.69 Å². The standard InChI is InChI=1S/C21H28N4O3/c1-27-14-18-19-15-28-21(16-25(19)23-22-18)10-12-24(13-11-21)20(26)9-5-8-17-6-3-2-4-7-17/h2-4,6-7H,5,8-16H2,1H3. The fourth-order valence-electron chi connectivity index (χ4n) is 4.16. The lowest BCUT2D eigenvalue weighted by Crippen LogP contribution is -2.52. The Morgan fingerprint density at radius 1 is 1.25 bits per heavy atom. The van der Waals surface area contributed by atoms with Crippen molar-refractivity contribution in [2.24, 2.45) is 0 Å². The molecule has 0 bridgehead atoms. The lowest BCUT2D eigenvalue weighted by Gasteiger charge is -2.43. The third-order valence-electron chi connectivity index (χ3n) is 5.88. The molecule has 0 radical (unpaired) electrons. The van der Waals surface area contributed by atoms with Crippen LogP contribution in [0.25, 0.3) is 0 Å². The van der Waals surface area contributed by atoms with Crippen LogP contribution in [0.15, 0.2) is 30.3 Å². The summed E-state index contributed by atoms with van der Waals surface area (Å²) in [6, 6.07) is 10.3. The van der Waals surface area contributed by atoms with Gasteiger partial charge < -0.3 is 14.4 Å². The fourth-order valence-corrected chi connectivity index (χ4v) is 4.16. The fraction of sp³-hybridized carbons (Fsp3) is 0.571. The second kappa shape index (κ2) is 8.41. The number of hydrogen-bond donors (Lipinski definition) is 0. The van der Waals surface area contributed by atoms with E-state index in [9.17, 15) is 4.79 Å². The molecule has 1 spiro atoms. The van der Waals surface area contributed by atoms with E-state index in [1.54, 1.807) is 7.11 Å². The summed E-state index contributed by atoms with van der Waals surface area (Å²) in [7, 11) is 1.66. The van der Waals surface area contributed by atoms with Gasteiger partial charge in [-0.1, -0.05) is 35.5 Å². The van der Waals surface area contributed by atoms with Gasteiger partial charge in [-0.2, -0.15) is 0 Å². The molecule has 0 saturated carbocycles. The van der Waals surface area contributed by atoms with Crippen molar-refractivity contribution in [3.05, 3.63) is 47.3 Å². The molecule has 1 amide bonds. The molecule has 1 aromatic carbocycles. The molecule has 28 heavy (non-hydrogen) atoms. The van der Waals surface area contributed by atoms with Crippen LogP contribution in [0.5, 0.6) is 0 Å². The number of methoxy groups -OCH3 is 1. The number of nitrogens with zero attached hydrogens (tertiary/aromatic N) is 4. The highest BCUT2D eigenvalue weighted by molar-refractivity contribution is 5.76. The smallest absolute Gasteiger partial charge is 0.222 e. The highest BCUT2D eigenvalue weighted by Gasteiger charge is 2.41. The number of fused-ring (bicyclic) bond motifs is 1. The van der Waals surface area contributed by atoms with Gasteiger partial charge >= 0.3 is 0 Å². The number of aromatic nitrogens is 3. The molecule has 0 unspecified atom stereocenters. The van der Waals surface area contributed by atoms with Crippen LogP contribution in [0.4, 0.5) is 0 Å². The first kappa shape index (κ1) is 19.1. The van der Waals surface area contributed by atoms with Crippen molar-refractivity contribution in [3.8, 4) is 0 Å². The van der Waals surface area contributed by atoms with Crippen LogP contribution in [0.3, 0.4) is 0 Å². The maximum atomic E-state index is 12.6. The number of carbonyl (C=O) groups is 1. The predicted molar refractivity (Wildman–Crippen MR) is 103 cm³/mol. The Bertz CT molecular complexity index is 797. The molecule has 7 heteroatoms. The molecular formula is C21H28N4O3. The number of likely N-dealkylation sites (tertiary alicyclic amines) is 1. The number of amides is 1. The lowest BCUT2D eigenvalue weighted by atomic mass is 9.89. The summed E-state index contributed by atoms with van der Waals surface area (Å²) in [5.74, 6) is 0.255. The van der Waals surface area contributed by atoms with Crippen molar-refractivity contribution >= 4 is 5.91 Å². The van der Waals surface area contributed by atoms with Gasteiger partial charge in [0.05, 0.1) is 31.1 Å². The third kappa shape index (κ3) is 4.10. The largest absolute Gasteiger partial charge is 0.378 e. The minimum atomic E-state index is -0.230. The van der Waals surface area contributed by atoms with Gasteiger partial charge in [-0.15, -0.1) is 5.10 Å². The third-order valence-corrected chi connectivity index (χ3v) is 5.88. The van der Waals surface area contributed by atoms with Crippen LogP contribution < -0.4 is 0 Å². The lowest BCUT2D eigenvalue weighted by molar-refractivity contribution is -0.146. The summed E-state index contributed by atoms with van der Waals surface area (Å²) in [6.45, 7) is 3.17. The molecule has 3 heterocycles. The molecule has 0 N–H and O–H groups in total. The summed E-state index contributed by atoms with van der Waals surface area (Å²) in [4.78, 5) is 14.6. The van der Waals surface area contributed by atoms with Crippen LogP contribution in [0.2, 0.25) is 0 Å². The molecule has 2 aliphatic rings. The number of carbonyl (C=O) groups excluding carboxylic acids is 1. The predicted octanol–water partition coefficient (Wildman–Crippen LogP) is 2.34. The van der Waals surface area contributed by atoms with Crippen molar-refractivity contribution in [1.82, 2.24) is 19.9 Å². The van der Waals surface area contributed by atoms with Crippen LogP contribution in [-0.4, -0.2) is 51.6 Å². The minimum absolute atomic E-state index is 0.230.